The van der Waals surface area contributed by atoms with Crippen LogP contribution in [0.1, 0.15) is 16.8 Å². The molecule has 8 nitrogen and oxygen atoms in total. The van der Waals surface area contributed by atoms with Crippen LogP contribution in [0.15, 0.2) is 52.2 Å². The van der Waals surface area contributed by atoms with Gasteiger partial charge in [0.25, 0.3) is 15.9 Å². The van der Waals surface area contributed by atoms with Crippen molar-refractivity contribution in [2.45, 2.75) is 11.3 Å². The summed E-state index contributed by atoms with van der Waals surface area (Å²) < 4.78 is 28.0. The predicted molar refractivity (Wildman–Crippen MR) is 96.7 cm³/mol. The maximum absolute atomic E-state index is 12.7. The van der Waals surface area contributed by atoms with Crippen molar-refractivity contribution >= 4 is 32.7 Å². The van der Waals surface area contributed by atoms with Gasteiger partial charge in [-0.15, -0.1) is 0 Å². The lowest BCUT2D eigenvalue weighted by atomic mass is 10.1. The number of likely N-dealkylation sites (tertiary alicyclic amines) is 1. The maximum Gasteiger partial charge on any atom is 0.323 e. The van der Waals surface area contributed by atoms with Crippen LogP contribution in [0.4, 0.5) is 5.69 Å². The van der Waals surface area contributed by atoms with E-state index >= 15 is 0 Å². The van der Waals surface area contributed by atoms with Crippen LogP contribution in [0.25, 0.3) is 11.0 Å². The summed E-state index contributed by atoms with van der Waals surface area (Å²) in [5, 5.41) is 0. The number of carbonyl (C=O) groups is 1. The fraction of sp³-hybridized carbons (Fsp3) is 0.176. The Balaban J connectivity index is 1.69. The molecule has 0 aliphatic carbocycles. The van der Waals surface area contributed by atoms with Crippen molar-refractivity contribution in [3.8, 4) is 0 Å². The van der Waals surface area contributed by atoms with Gasteiger partial charge in [0.05, 0.1) is 27.2 Å². The van der Waals surface area contributed by atoms with Gasteiger partial charge < -0.3 is 14.9 Å². The minimum Gasteiger partial charge on any atom is -0.338 e. The summed E-state index contributed by atoms with van der Waals surface area (Å²) in [6, 6.07) is 10.8. The molecule has 0 atom stereocenters. The summed E-state index contributed by atoms with van der Waals surface area (Å²) in [5.41, 5.74) is 1.04. The van der Waals surface area contributed by atoms with E-state index in [0.29, 0.717) is 29.7 Å². The van der Waals surface area contributed by atoms with Gasteiger partial charge in [-0.25, -0.2) is 13.2 Å². The van der Waals surface area contributed by atoms with Crippen molar-refractivity contribution in [2.75, 3.05) is 17.8 Å². The quantitative estimate of drug-likeness (QED) is 0.644. The molecule has 0 saturated carbocycles. The fourth-order valence-electron chi connectivity index (χ4n) is 2.83. The summed E-state index contributed by atoms with van der Waals surface area (Å²) in [6.07, 6.45) is 0.953. The average Bonchev–Trinajstić information content (AvgIpc) is 2.92. The molecule has 3 aromatic rings. The minimum atomic E-state index is -3.92. The van der Waals surface area contributed by atoms with Crippen LogP contribution in [-0.4, -0.2) is 42.3 Å². The third-order valence-corrected chi connectivity index (χ3v) is 5.71. The number of rotatable bonds is 4. The number of H-pyrrole nitrogens is 2. The Morgan fingerprint density at radius 3 is 2.50 bits per heavy atom. The number of aromatic amines is 2. The van der Waals surface area contributed by atoms with Gasteiger partial charge in [-0.3, -0.25) is 9.52 Å². The Hall–Kier alpha value is -3.07. The zero-order valence-corrected chi connectivity index (χ0v) is 14.5. The molecule has 0 spiro atoms. The summed E-state index contributed by atoms with van der Waals surface area (Å²) in [5.74, 6) is -0.194. The van der Waals surface area contributed by atoms with Gasteiger partial charge in [-0.05, 0) is 36.8 Å². The lowest BCUT2D eigenvalue weighted by molar-refractivity contribution is 0.0653. The molecule has 0 bridgehead atoms. The largest absolute Gasteiger partial charge is 0.338 e. The summed E-state index contributed by atoms with van der Waals surface area (Å²) >= 11 is 0. The van der Waals surface area contributed by atoms with Crippen molar-refractivity contribution in [2.24, 2.45) is 0 Å². The third-order valence-electron chi connectivity index (χ3n) is 4.34. The molecule has 1 aromatic heterocycles. The lowest BCUT2D eigenvalue weighted by Crippen LogP contribution is -2.42. The molecular weight excluding hydrogens is 356 g/mol. The van der Waals surface area contributed by atoms with Crippen LogP contribution in [0, 0.1) is 0 Å². The van der Waals surface area contributed by atoms with Gasteiger partial charge in [0, 0.05) is 13.1 Å². The number of para-hydroxylation sites is 1. The highest BCUT2D eigenvalue weighted by Gasteiger charge is 2.25. The van der Waals surface area contributed by atoms with Crippen LogP contribution in [0.3, 0.4) is 0 Å². The zero-order chi connectivity index (χ0) is 18.3. The Bertz CT molecular complexity index is 1160. The van der Waals surface area contributed by atoms with E-state index in [1.54, 1.807) is 29.2 Å². The standard InChI is InChI=1S/C17H16N4O4S/c22-16(21-8-3-9-21)12-4-1-2-5-13(12)20-26(24,25)11-6-7-14-15(10-11)19-17(23)18-14/h1-2,4-7,10,20H,3,8-9H2,(H2,18,19,23). The van der Waals surface area contributed by atoms with Crippen molar-refractivity contribution in [1.82, 2.24) is 14.9 Å². The zero-order valence-electron chi connectivity index (χ0n) is 13.7. The van der Waals surface area contributed by atoms with Crippen LogP contribution in [-0.2, 0) is 10.0 Å². The number of imidazole rings is 1. The first kappa shape index (κ1) is 16.4. The second kappa shape index (κ2) is 6.03. The highest BCUT2D eigenvalue weighted by molar-refractivity contribution is 7.92. The monoisotopic (exact) mass is 372 g/mol. The highest BCUT2D eigenvalue weighted by Crippen LogP contribution is 2.24. The molecule has 1 aliphatic heterocycles. The molecule has 0 unspecified atom stereocenters. The second-order valence-corrected chi connectivity index (χ2v) is 7.77. The topological polar surface area (TPSA) is 115 Å². The van der Waals surface area contributed by atoms with E-state index in [-0.39, 0.29) is 16.5 Å². The van der Waals surface area contributed by atoms with Crippen molar-refractivity contribution in [3.63, 3.8) is 0 Å². The van der Waals surface area contributed by atoms with Gasteiger partial charge >= 0.3 is 5.69 Å². The number of anilines is 1. The van der Waals surface area contributed by atoms with Gasteiger partial charge in [-0.1, -0.05) is 12.1 Å². The van der Waals surface area contributed by atoms with Gasteiger partial charge in [-0.2, -0.15) is 0 Å². The number of amides is 1. The van der Waals surface area contributed by atoms with Crippen molar-refractivity contribution in [1.29, 1.82) is 0 Å². The van der Waals surface area contributed by atoms with Crippen molar-refractivity contribution in [3.05, 3.63) is 58.5 Å². The number of nitrogens with zero attached hydrogens (tertiary/aromatic N) is 1. The van der Waals surface area contributed by atoms with Crippen LogP contribution < -0.4 is 10.4 Å². The minimum absolute atomic E-state index is 0.00791. The van der Waals surface area contributed by atoms with E-state index in [9.17, 15) is 18.0 Å². The maximum atomic E-state index is 12.7. The van der Waals surface area contributed by atoms with Gasteiger partial charge in [0.2, 0.25) is 0 Å². The summed E-state index contributed by atoms with van der Waals surface area (Å²) in [6.45, 7) is 1.36. The molecule has 1 saturated heterocycles. The van der Waals surface area contributed by atoms with E-state index in [0.717, 1.165) is 6.42 Å². The SMILES string of the molecule is O=C(c1ccccc1NS(=O)(=O)c1ccc2[nH]c(=O)[nH]c2c1)N1CCC1. The number of fused-ring (bicyclic) bond motifs is 1. The lowest BCUT2D eigenvalue weighted by Gasteiger charge is -2.31. The second-order valence-electron chi connectivity index (χ2n) is 6.08. The smallest absolute Gasteiger partial charge is 0.323 e. The molecule has 26 heavy (non-hydrogen) atoms. The Morgan fingerprint density at radius 2 is 1.77 bits per heavy atom. The molecule has 9 heteroatoms. The first-order valence-corrected chi connectivity index (χ1v) is 9.55. The van der Waals surface area contributed by atoms with E-state index in [2.05, 4.69) is 14.7 Å². The molecule has 3 N–H and O–H groups in total. The number of nitrogens with one attached hydrogen (secondary N) is 3. The fourth-order valence-corrected chi connectivity index (χ4v) is 3.94. The Kier molecular flexibility index (Phi) is 3.80. The molecule has 0 radical (unpaired) electrons. The van der Waals surface area contributed by atoms with Crippen LogP contribution >= 0.6 is 0 Å². The number of carbonyl (C=O) groups excluding carboxylic acids is 1. The summed E-state index contributed by atoms with van der Waals surface area (Å²) in [4.78, 5) is 30.6. The normalized spacial score (nSPS) is 14.2. The highest BCUT2D eigenvalue weighted by atomic mass is 32.2. The number of hydrogen-bond donors (Lipinski definition) is 3. The number of hydrogen-bond acceptors (Lipinski definition) is 4. The molecule has 4 rings (SSSR count). The van der Waals surface area contributed by atoms with Gasteiger partial charge in [0.1, 0.15) is 0 Å². The average molecular weight is 372 g/mol. The molecular formula is C17H16N4O4S. The van der Waals surface area contributed by atoms with Crippen LogP contribution in [0.5, 0.6) is 0 Å². The number of sulfonamides is 1. The van der Waals surface area contributed by atoms with E-state index < -0.39 is 15.7 Å². The first-order chi connectivity index (χ1) is 12.4. The predicted octanol–water partition coefficient (Wildman–Crippen LogP) is 1.50. The van der Waals surface area contributed by atoms with E-state index in [4.69, 9.17) is 0 Å². The molecule has 1 amide bonds. The van der Waals surface area contributed by atoms with Crippen molar-refractivity contribution < 1.29 is 13.2 Å². The summed E-state index contributed by atoms with van der Waals surface area (Å²) in [7, 11) is -3.92. The Labute approximate surface area is 148 Å². The first-order valence-electron chi connectivity index (χ1n) is 8.07. The number of benzene rings is 2. The molecule has 1 aliphatic rings. The third kappa shape index (κ3) is 2.86. The molecule has 2 aromatic carbocycles. The number of aromatic nitrogens is 2. The van der Waals surface area contributed by atoms with E-state index in [1.165, 1.54) is 18.2 Å². The Morgan fingerprint density at radius 1 is 1.04 bits per heavy atom. The van der Waals surface area contributed by atoms with Gasteiger partial charge in [0.15, 0.2) is 0 Å². The molecule has 2 heterocycles. The molecule has 1 fully saturated rings. The van der Waals surface area contributed by atoms with Crippen LogP contribution in [0.2, 0.25) is 0 Å². The molecule has 134 valence electrons. The van der Waals surface area contributed by atoms with E-state index in [1.807, 2.05) is 0 Å².